The molecule has 4 nitrogen and oxygen atoms in total. The third-order valence-corrected chi connectivity index (χ3v) is 4.71. The molecule has 6 heteroatoms. The average molecular weight is 340 g/mol. The van der Waals surface area contributed by atoms with Crippen LogP contribution >= 0.6 is 22.9 Å². The molecule has 0 spiro atoms. The van der Waals surface area contributed by atoms with Crippen LogP contribution in [0.1, 0.15) is 48.2 Å². The number of carbonyl (C=O) groups excluding carboxylic acids is 1. The van der Waals surface area contributed by atoms with Gasteiger partial charge in [0.05, 0.1) is 15.5 Å². The highest BCUT2D eigenvalue weighted by Gasteiger charge is 2.07. The minimum absolute atomic E-state index is 0.0165. The predicted octanol–water partition coefficient (Wildman–Crippen LogP) is 4.37. The second-order valence-electron chi connectivity index (χ2n) is 5.28. The van der Waals surface area contributed by atoms with Gasteiger partial charge in [-0.1, -0.05) is 37.3 Å². The van der Waals surface area contributed by atoms with Gasteiger partial charge in [0.15, 0.2) is 0 Å². The summed E-state index contributed by atoms with van der Waals surface area (Å²) < 4.78 is 2.77. The Morgan fingerprint density at radius 3 is 2.64 bits per heavy atom. The van der Waals surface area contributed by atoms with Gasteiger partial charge in [-0.2, -0.15) is 0 Å². The molecule has 1 amide bonds. The molecular formula is C16H22ClN3OS. The van der Waals surface area contributed by atoms with E-state index in [1.807, 2.05) is 18.7 Å². The van der Waals surface area contributed by atoms with Crippen molar-refractivity contribution in [2.45, 2.75) is 45.1 Å². The van der Waals surface area contributed by atoms with Crippen LogP contribution in [0, 0.1) is 0 Å². The van der Waals surface area contributed by atoms with E-state index in [0.717, 1.165) is 25.9 Å². The van der Waals surface area contributed by atoms with Crippen LogP contribution in [-0.4, -0.2) is 22.0 Å². The molecule has 120 valence electrons. The summed E-state index contributed by atoms with van der Waals surface area (Å²) in [6.07, 6.45) is 12.8. The zero-order valence-electron chi connectivity index (χ0n) is 12.6. The highest BCUT2D eigenvalue weighted by molar-refractivity contribution is 7.17. The van der Waals surface area contributed by atoms with E-state index in [9.17, 15) is 4.79 Å². The Labute approximate surface area is 140 Å². The summed E-state index contributed by atoms with van der Waals surface area (Å²) in [5.74, 6) is -0.0165. The number of carbonyl (C=O) groups is 1. The third kappa shape index (κ3) is 6.20. The second kappa shape index (κ2) is 9.64. The number of unbranched alkanes of at least 4 members (excludes halogenated alkanes) is 5. The minimum atomic E-state index is -0.0165. The molecule has 0 saturated carbocycles. The first kappa shape index (κ1) is 17.0. The minimum Gasteiger partial charge on any atom is -0.351 e. The quantitative estimate of drug-likeness (QED) is 0.653. The van der Waals surface area contributed by atoms with Crippen molar-refractivity contribution in [1.82, 2.24) is 14.9 Å². The third-order valence-electron chi connectivity index (χ3n) is 3.48. The number of hydrogen-bond donors (Lipinski definition) is 1. The molecule has 0 aromatic carbocycles. The molecule has 2 aromatic rings. The van der Waals surface area contributed by atoms with Crippen molar-refractivity contribution >= 4 is 28.8 Å². The molecule has 2 heterocycles. The van der Waals surface area contributed by atoms with E-state index in [0.29, 0.717) is 9.21 Å². The Hall–Kier alpha value is -1.33. The molecular weight excluding hydrogens is 318 g/mol. The number of imidazole rings is 1. The maximum atomic E-state index is 11.8. The van der Waals surface area contributed by atoms with Crippen LogP contribution in [0.25, 0.3) is 0 Å². The summed E-state index contributed by atoms with van der Waals surface area (Å²) in [7, 11) is 0. The number of rotatable bonds is 10. The number of amides is 1. The fourth-order valence-corrected chi connectivity index (χ4v) is 3.23. The molecule has 0 saturated heterocycles. The summed E-state index contributed by atoms with van der Waals surface area (Å²) in [5.41, 5.74) is 0. The molecule has 0 bridgehead atoms. The van der Waals surface area contributed by atoms with Crippen LogP contribution in [0.15, 0.2) is 30.9 Å². The van der Waals surface area contributed by atoms with Crippen LogP contribution in [0.5, 0.6) is 0 Å². The molecule has 0 fully saturated rings. The Bertz CT molecular complexity index is 554. The van der Waals surface area contributed by atoms with E-state index in [4.69, 9.17) is 11.6 Å². The van der Waals surface area contributed by atoms with Crippen LogP contribution in [0.2, 0.25) is 4.34 Å². The lowest BCUT2D eigenvalue weighted by atomic mass is 10.1. The van der Waals surface area contributed by atoms with Gasteiger partial charge in [-0.3, -0.25) is 4.79 Å². The van der Waals surface area contributed by atoms with Gasteiger partial charge in [0.1, 0.15) is 0 Å². The van der Waals surface area contributed by atoms with Crippen LogP contribution < -0.4 is 5.32 Å². The lowest BCUT2D eigenvalue weighted by Crippen LogP contribution is -2.23. The van der Waals surface area contributed by atoms with Crippen molar-refractivity contribution in [3.05, 3.63) is 40.1 Å². The molecule has 2 aromatic heterocycles. The summed E-state index contributed by atoms with van der Waals surface area (Å²) in [6, 6.07) is 3.52. The molecule has 0 aliphatic heterocycles. The van der Waals surface area contributed by atoms with Gasteiger partial charge in [0, 0.05) is 25.5 Å². The monoisotopic (exact) mass is 339 g/mol. The van der Waals surface area contributed by atoms with Crippen LogP contribution in [0.4, 0.5) is 0 Å². The van der Waals surface area contributed by atoms with E-state index in [1.165, 1.54) is 37.0 Å². The molecule has 1 N–H and O–H groups in total. The first-order chi connectivity index (χ1) is 10.8. The highest BCUT2D eigenvalue weighted by Crippen LogP contribution is 2.21. The summed E-state index contributed by atoms with van der Waals surface area (Å²) >= 11 is 7.13. The van der Waals surface area contributed by atoms with E-state index in [-0.39, 0.29) is 5.91 Å². The zero-order valence-corrected chi connectivity index (χ0v) is 14.2. The van der Waals surface area contributed by atoms with Crippen molar-refractivity contribution in [3.63, 3.8) is 0 Å². The normalized spacial score (nSPS) is 10.8. The number of hydrogen-bond acceptors (Lipinski definition) is 3. The summed E-state index contributed by atoms with van der Waals surface area (Å²) in [4.78, 5) is 16.5. The van der Waals surface area contributed by atoms with Gasteiger partial charge in [-0.05, 0) is 25.0 Å². The van der Waals surface area contributed by atoms with Crippen LogP contribution in [0.3, 0.4) is 0 Å². The van der Waals surface area contributed by atoms with Crippen LogP contribution in [-0.2, 0) is 6.54 Å². The first-order valence-electron chi connectivity index (χ1n) is 7.75. The standard InChI is InChI=1S/C16H22ClN3OS/c17-15-8-7-14(22-15)16(21)19-9-5-3-1-2-4-6-11-20-12-10-18-13-20/h7-8,10,12-13H,1-6,9,11H2,(H,19,21). The Morgan fingerprint density at radius 2 is 1.95 bits per heavy atom. The average Bonchev–Trinajstić information content (AvgIpc) is 3.16. The number of nitrogens with zero attached hydrogens (tertiary/aromatic N) is 2. The number of aromatic nitrogens is 2. The van der Waals surface area contributed by atoms with Crippen molar-refractivity contribution in [2.24, 2.45) is 0 Å². The highest BCUT2D eigenvalue weighted by atomic mass is 35.5. The van der Waals surface area contributed by atoms with E-state index in [2.05, 4.69) is 14.9 Å². The summed E-state index contributed by atoms with van der Waals surface area (Å²) in [6.45, 7) is 1.79. The maximum absolute atomic E-state index is 11.8. The molecule has 2 rings (SSSR count). The number of aryl methyl sites for hydroxylation is 1. The first-order valence-corrected chi connectivity index (χ1v) is 8.94. The molecule has 0 radical (unpaired) electrons. The second-order valence-corrected chi connectivity index (χ2v) is 7.00. The Morgan fingerprint density at radius 1 is 1.18 bits per heavy atom. The van der Waals surface area contributed by atoms with Gasteiger partial charge in [0.2, 0.25) is 0 Å². The number of nitrogens with one attached hydrogen (secondary N) is 1. The fraction of sp³-hybridized carbons (Fsp3) is 0.500. The molecule has 0 atom stereocenters. The van der Waals surface area contributed by atoms with Gasteiger partial charge >= 0.3 is 0 Å². The van der Waals surface area contributed by atoms with Gasteiger partial charge in [-0.25, -0.2) is 4.98 Å². The fourth-order valence-electron chi connectivity index (χ4n) is 2.27. The lowest BCUT2D eigenvalue weighted by Gasteiger charge is -2.04. The largest absolute Gasteiger partial charge is 0.351 e. The molecule has 0 aliphatic carbocycles. The van der Waals surface area contributed by atoms with E-state index >= 15 is 0 Å². The SMILES string of the molecule is O=C(NCCCCCCCCn1ccnc1)c1ccc(Cl)s1. The van der Waals surface area contributed by atoms with Crippen molar-refractivity contribution < 1.29 is 4.79 Å². The van der Waals surface area contributed by atoms with Crippen molar-refractivity contribution in [2.75, 3.05) is 6.54 Å². The Kier molecular flexibility index (Phi) is 7.46. The molecule has 22 heavy (non-hydrogen) atoms. The number of thiophene rings is 1. The van der Waals surface area contributed by atoms with Crippen molar-refractivity contribution in [3.8, 4) is 0 Å². The van der Waals surface area contributed by atoms with Gasteiger partial charge in [0.25, 0.3) is 5.91 Å². The number of halogens is 1. The van der Waals surface area contributed by atoms with Crippen molar-refractivity contribution in [1.29, 1.82) is 0 Å². The van der Waals surface area contributed by atoms with Gasteiger partial charge in [-0.15, -0.1) is 11.3 Å². The molecule has 0 unspecified atom stereocenters. The zero-order chi connectivity index (χ0) is 15.6. The maximum Gasteiger partial charge on any atom is 0.261 e. The lowest BCUT2D eigenvalue weighted by molar-refractivity contribution is 0.0957. The van der Waals surface area contributed by atoms with E-state index in [1.54, 1.807) is 12.1 Å². The van der Waals surface area contributed by atoms with Gasteiger partial charge < -0.3 is 9.88 Å². The van der Waals surface area contributed by atoms with E-state index < -0.39 is 0 Å². The Balaban J connectivity index is 1.42. The topological polar surface area (TPSA) is 46.9 Å². The molecule has 0 aliphatic rings. The smallest absolute Gasteiger partial charge is 0.261 e. The predicted molar refractivity (Wildman–Crippen MR) is 91.6 cm³/mol. The summed E-state index contributed by atoms with van der Waals surface area (Å²) in [5, 5.41) is 2.94.